The Labute approximate surface area is 259 Å². The highest BCUT2D eigenvalue weighted by Crippen LogP contribution is 2.31. The zero-order valence-electron chi connectivity index (χ0n) is 24.9. The third-order valence-corrected chi connectivity index (χ3v) is 8.50. The fourth-order valence-corrected chi connectivity index (χ4v) is 6.04. The molecule has 3 rings (SSSR count). The Hall–Kier alpha value is -3.07. The third kappa shape index (κ3) is 8.96. The van der Waals surface area contributed by atoms with Gasteiger partial charge in [-0.1, -0.05) is 91.6 Å². The smallest absolute Gasteiger partial charge is 0.244 e. The Morgan fingerprint density at radius 3 is 2.00 bits per heavy atom. The molecular weight excluding hydrogens is 593 g/mol. The summed E-state index contributed by atoms with van der Waals surface area (Å²) in [7, 11) is -3.89. The van der Waals surface area contributed by atoms with E-state index in [1.165, 1.54) is 4.90 Å². The lowest BCUT2D eigenvalue weighted by molar-refractivity contribution is -0.140. The number of nitrogens with zero attached hydrogens (tertiary/aromatic N) is 2. The predicted octanol–water partition coefficient (Wildman–Crippen LogP) is 6.44. The molecule has 0 saturated carbocycles. The van der Waals surface area contributed by atoms with Crippen molar-refractivity contribution in [1.29, 1.82) is 0 Å². The largest absolute Gasteiger partial charge is 0.350 e. The highest BCUT2D eigenvalue weighted by atomic mass is 35.5. The normalized spacial score (nSPS) is 12.6. The number of carbonyl (C=O) groups is 2. The molecule has 42 heavy (non-hydrogen) atoms. The van der Waals surface area contributed by atoms with E-state index in [1.807, 2.05) is 77.1 Å². The Balaban J connectivity index is 2.16. The Bertz CT molecular complexity index is 1490. The van der Waals surface area contributed by atoms with Crippen molar-refractivity contribution in [2.75, 3.05) is 17.1 Å². The lowest BCUT2D eigenvalue weighted by Gasteiger charge is -2.35. The number of para-hydroxylation sites is 1. The minimum Gasteiger partial charge on any atom is -0.350 e. The van der Waals surface area contributed by atoms with Crippen LogP contribution >= 0.6 is 23.2 Å². The number of hydrogen-bond donors (Lipinski definition) is 1. The lowest BCUT2D eigenvalue weighted by atomic mass is 10.00. The summed E-state index contributed by atoms with van der Waals surface area (Å²) in [5, 5.41) is 3.67. The number of hydrogen-bond acceptors (Lipinski definition) is 4. The van der Waals surface area contributed by atoms with Gasteiger partial charge in [-0.05, 0) is 56.0 Å². The van der Waals surface area contributed by atoms with Crippen molar-refractivity contribution in [3.8, 4) is 0 Å². The van der Waals surface area contributed by atoms with Gasteiger partial charge in [0.2, 0.25) is 21.8 Å². The zero-order valence-corrected chi connectivity index (χ0v) is 27.2. The number of carbonyl (C=O) groups excluding carboxylic acids is 2. The second-order valence-electron chi connectivity index (χ2n) is 11.6. The number of amides is 2. The van der Waals surface area contributed by atoms with Gasteiger partial charge in [0.15, 0.2) is 0 Å². The van der Waals surface area contributed by atoms with E-state index in [1.54, 1.807) is 30.3 Å². The summed E-state index contributed by atoms with van der Waals surface area (Å²) in [5.41, 5.74) is 1.90. The van der Waals surface area contributed by atoms with Crippen molar-refractivity contribution in [2.24, 2.45) is 0 Å². The first-order valence-electron chi connectivity index (χ1n) is 13.7. The van der Waals surface area contributed by atoms with Crippen LogP contribution in [0.5, 0.6) is 0 Å². The van der Waals surface area contributed by atoms with Crippen LogP contribution < -0.4 is 9.62 Å². The molecule has 0 aliphatic carbocycles. The quantitative estimate of drug-likeness (QED) is 0.264. The van der Waals surface area contributed by atoms with Gasteiger partial charge in [0.25, 0.3) is 0 Å². The van der Waals surface area contributed by atoms with E-state index in [0.717, 1.165) is 21.7 Å². The zero-order chi connectivity index (χ0) is 31.2. The van der Waals surface area contributed by atoms with Crippen LogP contribution in [0.4, 0.5) is 5.69 Å². The van der Waals surface area contributed by atoms with Gasteiger partial charge in [0, 0.05) is 34.1 Å². The van der Waals surface area contributed by atoms with Crippen LogP contribution in [0.25, 0.3) is 0 Å². The fraction of sp³-hybridized carbons (Fsp3) is 0.375. The van der Waals surface area contributed by atoms with Crippen molar-refractivity contribution < 1.29 is 18.0 Å². The van der Waals surface area contributed by atoms with Gasteiger partial charge < -0.3 is 10.2 Å². The average molecular weight is 633 g/mol. The van der Waals surface area contributed by atoms with E-state index in [4.69, 9.17) is 23.2 Å². The molecule has 3 aromatic rings. The lowest BCUT2D eigenvalue weighted by Crippen LogP contribution is -2.56. The molecule has 7 nitrogen and oxygen atoms in total. The number of sulfonamides is 1. The van der Waals surface area contributed by atoms with Crippen molar-refractivity contribution >= 4 is 50.7 Å². The molecule has 226 valence electrons. The van der Waals surface area contributed by atoms with Crippen LogP contribution in [0, 0.1) is 0 Å². The van der Waals surface area contributed by atoms with E-state index in [-0.39, 0.29) is 24.8 Å². The van der Waals surface area contributed by atoms with Gasteiger partial charge in [0.1, 0.15) is 12.6 Å². The number of nitrogens with one attached hydrogen (secondary N) is 1. The molecule has 0 spiro atoms. The van der Waals surface area contributed by atoms with Crippen molar-refractivity contribution in [2.45, 2.75) is 65.1 Å². The maximum absolute atomic E-state index is 14.3. The summed E-state index contributed by atoms with van der Waals surface area (Å²) in [5.74, 6) is -0.946. The van der Waals surface area contributed by atoms with Crippen LogP contribution in [0.3, 0.4) is 0 Å². The van der Waals surface area contributed by atoms with Gasteiger partial charge in [-0.15, -0.1) is 0 Å². The van der Waals surface area contributed by atoms with E-state index >= 15 is 0 Å². The van der Waals surface area contributed by atoms with Crippen LogP contribution in [-0.4, -0.2) is 49.5 Å². The highest BCUT2D eigenvalue weighted by Gasteiger charge is 2.35. The average Bonchev–Trinajstić information content (AvgIpc) is 2.89. The molecular formula is C32H39Cl2N3O4S. The SMILES string of the molecule is CC(C)c1ccccc1N(CC(=O)N(Cc1c(Cl)cccc1Cl)[C@@H](Cc1ccccc1)C(=O)NC(C)(C)C)S(C)(=O)=O. The van der Waals surface area contributed by atoms with Gasteiger partial charge in [-0.25, -0.2) is 8.42 Å². The fourth-order valence-electron chi connectivity index (χ4n) is 4.66. The van der Waals surface area contributed by atoms with E-state index in [2.05, 4.69) is 5.32 Å². The monoisotopic (exact) mass is 631 g/mol. The topological polar surface area (TPSA) is 86.8 Å². The van der Waals surface area contributed by atoms with Crippen molar-refractivity contribution in [1.82, 2.24) is 10.2 Å². The first kappa shape index (κ1) is 33.4. The minimum absolute atomic E-state index is 0.00183. The number of halogens is 2. The molecule has 0 fully saturated rings. The number of benzene rings is 3. The summed E-state index contributed by atoms with van der Waals surface area (Å²) >= 11 is 13.1. The molecule has 0 saturated heterocycles. The van der Waals surface area contributed by atoms with Gasteiger partial charge in [-0.3, -0.25) is 13.9 Å². The summed E-state index contributed by atoms with van der Waals surface area (Å²) in [4.78, 5) is 29.6. The maximum atomic E-state index is 14.3. The molecule has 0 radical (unpaired) electrons. The molecule has 10 heteroatoms. The standard InChI is InChI=1S/C32H39Cl2N3O4S/c1-22(2)24-15-10-11-18-28(24)37(42(6,40)41)21-30(38)36(20-25-26(33)16-12-17-27(25)34)29(31(39)35-32(3,4)5)19-23-13-8-7-9-14-23/h7-18,22,29H,19-21H2,1-6H3,(H,35,39)/t29-/m0/s1. The Morgan fingerprint density at radius 2 is 1.45 bits per heavy atom. The molecule has 0 bridgehead atoms. The van der Waals surface area contributed by atoms with E-state index in [9.17, 15) is 18.0 Å². The number of anilines is 1. The molecule has 1 N–H and O–H groups in total. The van der Waals surface area contributed by atoms with Crippen molar-refractivity contribution in [3.05, 3.63) is 99.5 Å². The molecule has 0 aromatic heterocycles. The van der Waals surface area contributed by atoms with Crippen molar-refractivity contribution in [3.63, 3.8) is 0 Å². The molecule has 0 heterocycles. The Morgan fingerprint density at radius 1 is 0.881 bits per heavy atom. The predicted molar refractivity (Wildman–Crippen MR) is 172 cm³/mol. The molecule has 1 atom stereocenters. The molecule has 2 amide bonds. The van der Waals surface area contributed by atoms with E-state index < -0.39 is 34.1 Å². The van der Waals surface area contributed by atoms with Crippen LogP contribution in [0.1, 0.15) is 57.2 Å². The highest BCUT2D eigenvalue weighted by molar-refractivity contribution is 7.92. The van der Waals surface area contributed by atoms with E-state index in [0.29, 0.717) is 21.3 Å². The van der Waals surface area contributed by atoms with Gasteiger partial charge >= 0.3 is 0 Å². The molecule has 0 aliphatic heterocycles. The summed E-state index contributed by atoms with van der Waals surface area (Å²) in [6.07, 6.45) is 1.26. The summed E-state index contributed by atoms with van der Waals surface area (Å²) < 4.78 is 27.4. The molecule has 0 aliphatic rings. The Kier molecular flexibility index (Phi) is 11.1. The summed E-state index contributed by atoms with van der Waals surface area (Å²) in [6, 6.07) is 20.5. The minimum atomic E-state index is -3.89. The first-order chi connectivity index (χ1) is 19.6. The molecule has 3 aromatic carbocycles. The number of rotatable bonds is 11. The maximum Gasteiger partial charge on any atom is 0.244 e. The van der Waals surface area contributed by atoms with Crippen LogP contribution in [0.2, 0.25) is 10.0 Å². The van der Waals surface area contributed by atoms with Crippen LogP contribution in [-0.2, 0) is 32.6 Å². The van der Waals surface area contributed by atoms with Crippen LogP contribution in [0.15, 0.2) is 72.8 Å². The first-order valence-corrected chi connectivity index (χ1v) is 16.3. The third-order valence-electron chi connectivity index (χ3n) is 6.67. The second kappa shape index (κ2) is 13.9. The second-order valence-corrected chi connectivity index (χ2v) is 14.4. The molecule has 0 unspecified atom stereocenters. The van der Waals surface area contributed by atoms with Gasteiger partial charge in [0.05, 0.1) is 11.9 Å². The van der Waals surface area contributed by atoms with Gasteiger partial charge in [-0.2, -0.15) is 0 Å². The summed E-state index contributed by atoms with van der Waals surface area (Å²) in [6.45, 7) is 8.87.